The van der Waals surface area contributed by atoms with Crippen molar-refractivity contribution >= 4 is 61.5 Å². The summed E-state index contributed by atoms with van der Waals surface area (Å²) in [6.07, 6.45) is 8.74. The molecule has 262 valence electrons. The number of carbonyl (C=O) groups excluding carboxylic acids is 2. The van der Waals surface area contributed by atoms with E-state index in [2.05, 4.69) is 119 Å². The molecule has 2 aromatic rings. The topological polar surface area (TPSA) is 59.1 Å². The van der Waals surface area contributed by atoms with Crippen LogP contribution in [0.2, 0.25) is 39.3 Å². The average Bonchev–Trinajstić information content (AvgIpc) is 3.38. The number of hydrogen-bond acceptors (Lipinski definition) is 6. The van der Waals surface area contributed by atoms with Gasteiger partial charge in [-0.15, -0.1) is 0 Å². The van der Waals surface area contributed by atoms with E-state index >= 15 is 0 Å². The Morgan fingerprint density at radius 2 is 1.29 bits per heavy atom. The van der Waals surface area contributed by atoms with Gasteiger partial charge in [0.25, 0.3) is 0 Å². The number of likely N-dealkylation sites (N-methyl/N-ethyl adjacent to an activating group) is 1. The van der Waals surface area contributed by atoms with Crippen molar-refractivity contribution in [1.29, 1.82) is 0 Å². The minimum Gasteiger partial charge on any atom is -1.00 e. The average molecular weight is 703 g/mol. The fourth-order valence-corrected chi connectivity index (χ4v) is 10.3. The number of hydrogen-bond donors (Lipinski definition) is 0. The number of aryl methyl sites for hydroxylation is 1. The molecule has 6 nitrogen and oxygen atoms in total. The molecule has 3 saturated heterocycles. The third kappa shape index (κ3) is 9.51. The summed E-state index contributed by atoms with van der Waals surface area (Å²) in [7, 11) is 4.90. The minimum absolute atomic E-state index is 0. The van der Waals surface area contributed by atoms with Crippen molar-refractivity contribution in [3.63, 3.8) is 0 Å². The standard InChI is InChI=1S/C19H29NO2Si.C10H15NO2.C10H16Si.Mg.2H/c1-20-14-8-11-17(20)18(19(21)22-2)16(12-14)13-6-9-15(10-7-13)23(3,4)5;1-11-7-3-5-8(10(12)13-2)9(11)6-4-7;1-9-5-7-10(8-6-9)11(2,3)4;;;/h6-7,9-10,14,16-18H,8,11-12H2,1-5H3;5,7,9H,3-4,6H2,1-2H3;5-8H,1-4H3;;;/q;;;+2;2*-1/t14-,16+,17+,18-;7-,9-;;;;/m01..../s1. The molecular formula is C39H62MgN2O4Si2. The number of carbonyl (C=O) groups is 2. The van der Waals surface area contributed by atoms with Gasteiger partial charge in [-0.25, -0.2) is 4.79 Å². The summed E-state index contributed by atoms with van der Waals surface area (Å²) >= 11 is 0. The molecule has 0 spiro atoms. The van der Waals surface area contributed by atoms with Crippen LogP contribution in [-0.2, 0) is 19.1 Å². The van der Waals surface area contributed by atoms with Crippen molar-refractivity contribution in [2.75, 3.05) is 28.3 Å². The fourth-order valence-electron chi connectivity index (χ4n) is 7.96. The van der Waals surface area contributed by atoms with E-state index in [0.29, 0.717) is 30.1 Å². The van der Waals surface area contributed by atoms with E-state index in [-0.39, 0.29) is 43.8 Å². The Bertz CT molecular complexity index is 1410. The zero-order valence-corrected chi connectivity index (χ0v) is 35.1. The first-order chi connectivity index (χ1) is 22.1. The number of ether oxygens (including phenoxy) is 2. The fraction of sp³-hybridized carbons (Fsp3) is 0.590. The van der Waals surface area contributed by atoms with Gasteiger partial charge in [0.05, 0.1) is 41.9 Å². The molecule has 0 aliphatic carbocycles. The van der Waals surface area contributed by atoms with E-state index in [4.69, 9.17) is 9.47 Å². The Kier molecular flexibility index (Phi) is 14.4. The van der Waals surface area contributed by atoms with E-state index in [1.807, 2.05) is 6.08 Å². The molecule has 48 heavy (non-hydrogen) atoms. The van der Waals surface area contributed by atoms with Gasteiger partial charge < -0.3 is 12.3 Å². The van der Waals surface area contributed by atoms with E-state index in [0.717, 1.165) is 31.3 Å². The Balaban J connectivity index is 0.000000397. The Morgan fingerprint density at radius 3 is 1.81 bits per heavy atom. The summed E-state index contributed by atoms with van der Waals surface area (Å²) in [5.41, 5.74) is 3.53. The van der Waals surface area contributed by atoms with Crippen LogP contribution in [0, 0.1) is 12.8 Å². The number of fused-ring (bicyclic) bond motifs is 4. The molecule has 4 aliphatic heterocycles. The summed E-state index contributed by atoms with van der Waals surface area (Å²) in [5, 5.41) is 3.02. The third-order valence-corrected chi connectivity index (χ3v) is 15.2. The maximum Gasteiger partial charge on any atom is 2.00 e. The number of piperidine rings is 1. The van der Waals surface area contributed by atoms with Crippen molar-refractivity contribution in [3.8, 4) is 0 Å². The van der Waals surface area contributed by atoms with Crippen molar-refractivity contribution in [2.24, 2.45) is 5.92 Å². The smallest absolute Gasteiger partial charge is 1.00 e. The van der Waals surface area contributed by atoms with Gasteiger partial charge in [-0.1, -0.05) is 110 Å². The molecule has 6 atom stereocenters. The number of esters is 2. The van der Waals surface area contributed by atoms with Crippen LogP contribution in [0.1, 0.15) is 58.4 Å². The van der Waals surface area contributed by atoms with Gasteiger partial charge >= 0.3 is 35.0 Å². The molecule has 9 heteroatoms. The third-order valence-electron chi connectivity index (χ3n) is 11.1. The zero-order valence-electron chi connectivity index (χ0n) is 33.6. The Hall–Kier alpha value is -1.76. The number of rotatable bonds is 5. The van der Waals surface area contributed by atoms with Crippen molar-refractivity contribution in [1.82, 2.24) is 9.80 Å². The summed E-state index contributed by atoms with van der Waals surface area (Å²) in [6, 6.07) is 19.9. The quantitative estimate of drug-likeness (QED) is 0.269. The predicted molar refractivity (Wildman–Crippen MR) is 208 cm³/mol. The van der Waals surface area contributed by atoms with Crippen LogP contribution in [-0.4, -0.2) is 113 Å². The Morgan fingerprint density at radius 1 is 0.750 bits per heavy atom. The van der Waals surface area contributed by atoms with Gasteiger partial charge in [-0.2, -0.15) is 0 Å². The molecule has 4 bridgehead atoms. The van der Waals surface area contributed by atoms with Gasteiger partial charge in [0.2, 0.25) is 0 Å². The van der Waals surface area contributed by atoms with Gasteiger partial charge in [-0.3, -0.25) is 14.6 Å². The summed E-state index contributed by atoms with van der Waals surface area (Å²) in [5.74, 6) is 0.0759. The molecule has 4 heterocycles. The van der Waals surface area contributed by atoms with Crippen LogP contribution in [0.3, 0.4) is 0 Å². The second-order valence-corrected chi connectivity index (χ2v) is 26.3. The zero-order chi connectivity index (χ0) is 34.7. The van der Waals surface area contributed by atoms with Crippen LogP contribution in [0.5, 0.6) is 0 Å². The monoisotopic (exact) mass is 702 g/mol. The second-order valence-electron chi connectivity index (χ2n) is 16.1. The van der Waals surface area contributed by atoms with Crippen LogP contribution < -0.4 is 10.4 Å². The molecule has 0 radical (unpaired) electrons. The molecule has 0 saturated carbocycles. The van der Waals surface area contributed by atoms with Gasteiger partial charge in [0.15, 0.2) is 0 Å². The molecule has 6 rings (SSSR count). The van der Waals surface area contributed by atoms with Gasteiger partial charge in [0.1, 0.15) is 0 Å². The summed E-state index contributed by atoms with van der Waals surface area (Å²) in [6.45, 7) is 16.4. The maximum absolute atomic E-state index is 12.5. The molecule has 2 aromatic carbocycles. The van der Waals surface area contributed by atoms with Crippen LogP contribution >= 0.6 is 0 Å². The predicted octanol–water partition coefficient (Wildman–Crippen LogP) is 6.31. The maximum atomic E-state index is 12.5. The molecule has 3 fully saturated rings. The van der Waals surface area contributed by atoms with Gasteiger partial charge in [-0.05, 0) is 65.1 Å². The largest absolute Gasteiger partial charge is 2.00 e. The van der Waals surface area contributed by atoms with Gasteiger partial charge in [0, 0.05) is 30.1 Å². The number of methoxy groups -OCH3 is 2. The van der Waals surface area contributed by atoms with E-state index in [1.165, 1.54) is 43.4 Å². The SMILES string of the molecule is COC(=O)C1=CC[C@@H]2CC[C@H]1N2C.COC(=O)[C@H]1[C@@H](c2ccc([Si](C)(C)C)cc2)C[C@@H]2CC[C@H]1N2C.Cc1ccc([Si](C)(C)C)cc1.[H-].[H-].[Mg+2]. The second kappa shape index (κ2) is 17.0. The first-order valence-electron chi connectivity index (χ1n) is 17.5. The summed E-state index contributed by atoms with van der Waals surface area (Å²) < 4.78 is 9.91. The van der Waals surface area contributed by atoms with Crippen molar-refractivity contribution < 1.29 is 21.9 Å². The molecule has 0 amide bonds. The van der Waals surface area contributed by atoms with Crippen LogP contribution in [0.4, 0.5) is 0 Å². The summed E-state index contributed by atoms with van der Waals surface area (Å²) in [4.78, 5) is 28.6. The number of benzene rings is 2. The first-order valence-corrected chi connectivity index (χ1v) is 24.5. The molecule has 0 unspecified atom stereocenters. The molecular weight excluding hydrogens is 641 g/mol. The first kappa shape index (κ1) is 40.7. The minimum atomic E-state index is -1.28. The molecule has 0 aromatic heterocycles. The van der Waals surface area contributed by atoms with E-state index < -0.39 is 16.1 Å². The Labute approximate surface area is 312 Å². The van der Waals surface area contributed by atoms with Crippen LogP contribution in [0.15, 0.2) is 60.2 Å². The number of nitrogens with zero attached hydrogens (tertiary/aromatic N) is 2. The van der Waals surface area contributed by atoms with Crippen molar-refractivity contribution in [3.05, 3.63) is 71.3 Å². The van der Waals surface area contributed by atoms with Crippen molar-refractivity contribution in [2.45, 2.75) is 115 Å². The normalized spacial score (nSPS) is 26.5. The van der Waals surface area contributed by atoms with E-state index in [9.17, 15) is 9.59 Å². The van der Waals surface area contributed by atoms with Crippen LogP contribution in [0.25, 0.3) is 0 Å². The molecule has 4 aliphatic rings. The van der Waals surface area contributed by atoms with E-state index in [1.54, 1.807) is 5.19 Å². The molecule has 0 N–H and O–H groups in total.